The highest BCUT2D eigenvalue weighted by molar-refractivity contribution is 5.78. The van der Waals surface area contributed by atoms with Crippen LogP contribution in [0.2, 0.25) is 0 Å². The first-order valence-electron chi connectivity index (χ1n) is 6.81. The molecule has 18 heavy (non-hydrogen) atoms. The van der Waals surface area contributed by atoms with Gasteiger partial charge in [-0.2, -0.15) is 5.26 Å². The number of nitrogens with zero attached hydrogens (tertiary/aromatic N) is 3. The number of piperazine rings is 1. The van der Waals surface area contributed by atoms with Crippen molar-refractivity contribution in [3.63, 3.8) is 0 Å². The van der Waals surface area contributed by atoms with E-state index in [1.807, 2.05) is 6.92 Å². The van der Waals surface area contributed by atoms with Crippen LogP contribution in [0, 0.1) is 17.2 Å². The second-order valence-electron chi connectivity index (χ2n) is 5.36. The summed E-state index contributed by atoms with van der Waals surface area (Å²) in [6.07, 6.45) is 2.54. The zero-order valence-corrected chi connectivity index (χ0v) is 11.1. The van der Waals surface area contributed by atoms with E-state index in [9.17, 15) is 4.79 Å². The van der Waals surface area contributed by atoms with Crippen molar-refractivity contribution in [1.82, 2.24) is 15.1 Å². The van der Waals surface area contributed by atoms with E-state index in [1.165, 1.54) is 12.8 Å². The standard InChI is InChI=1S/C13H22N4O/c1-11(8-14)17-6-4-16(5-7-17)10-13(18)15-9-12-2-3-12/h11-12H,2-7,9-10H2,1H3,(H,15,18). The van der Waals surface area contributed by atoms with Gasteiger partial charge in [0.15, 0.2) is 0 Å². The Hall–Kier alpha value is -1.12. The van der Waals surface area contributed by atoms with Gasteiger partial charge in [-0.05, 0) is 25.7 Å². The Balaban J connectivity index is 1.63. The summed E-state index contributed by atoms with van der Waals surface area (Å²) in [5.74, 6) is 0.881. The fourth-order valence-electron chi connectivity index (χ4n) is 2.23. The van der Waals surface area contributed by atoms with Gasteiger partial charge >= 0.3 is 0 Å². The van der Waals surface area contributed by atoms with Crippen molar-refractivity contribution in [2.45, 2.75) is 25.8 Å². The van der Waals surface area contributed by atoms with Crippen LogP contribution in [0.25, 0.3) is 0 Å². The summed E-state index contributed by atoms with van der Waals surface area (Å²) < 4.78 is 0. The minimum atomic E-state index is -0.0177. The Morgan fingerprint density at radius 1 is 1.39 bits per heavy atom. The van der Waals surface area contributed by atoms with Crippen molar-refractivity contribution in [2.75, 3.05) is 39.3 Å². The van der Waals surface area contributed by atoms with Crippen LogP contribution in [0.5, 0.6) is 0 Å². The fourth-order valence-corrected chi connectivity index (χ4v) is 2.23. The van der Waals surface area contributed by atoms with Gasteiger partial charge < -0.3 is 5.32 Å². The Morgan fingerprint density at radius 2 is 2.06 bits per heavy atom. The second-order valence-corrected chi connectivity index (χ2v) is 5.36. The molecule has 1 atom stereocenters. The number of rotatable bonds is 5. The van der Waals surface area contributed by atoms with Crippen molar-refractivity contribution in [3.05, 3.63) is 0 Å². The van der Waals surface area contributed by atoms with E-state index in [-0.39, 0.29) is 11.9 Å². The van der Waals surface area contributed by atoms with Crippen LogP contribution in [-0.4, -0.2) is 61.0 Å². The number of nitrogens with one attached hydrogen (secondary N) is 1. The lowest BCUT2D eigenvalue weighted by atomic mass is 10.2. The molecule has 0 aromatic heterocycles. The average molecular weight is 250 g/mol. The first-order valence-corrected chi connectivity index (χ1v) is 6.81. The zero-order chi connectivity index (χ0) is 13.0. The van der Waals surface area contributed by atoms with Gasteiger partial charge in [-0.15, -0.1) is 0 Å². The van der Waals surface area contributed by atoms with Gasteiger partial charge in [0.05, 0.1) is 18.7 Å². The normalized spacial score (nSPS) is 23.3. The maximum Gasteiger partial charge on any atom is 0.234 e. The lowest BCUT2D eigenvalue weighted by molar-refractivity contribution is -0.122. The minimum Gasteiger partial charge on any atom is -0.355 e. The van der Waals surface area contributed by atoms with Crippen molar-refractivity contribution < 1.29 is 4.79 Å². The molecule has 1 N–H and O–H groups in total. The third-order valence-corrected chi connectivity index (χ3v) is 3.79. The first-order chi connectivity index (χ1) is 8.69. The molecule has 2 fully saturated rings. The lowest BCUT2D eigenvalue weighted by Gasteiger charge is -2.35. The number of hydrogen-bond donors (Lipinski definition) is 1. The number of amides is 1. The molecule has 100 valence electrons. The molecule has 5 nitrogen and oxygen atoms in total. The SMILES string of the molecule is CC(C#N)N1CCN(CC(=O)NCC2CC2)CC1. The third-order valence-electron chi connectivity index (χ3n) is 3.79. The molecule has 1 unspecified atom stereocenters. The number of nitriles is 1. The van der Waals surface area contributed by atoms with Crippen LogP contribution in [0.15, 0.2) is 0 Å². The smallest absolute Gasteiger partial charge is 0.234 e. The summed E-state index contributed by atoms with van der Waals surface area (Å²) in [6.45, 7) is 6.80. The Labute approximate surface area is 109 Å². The molecule has 0 spiro atoms. The number of carbonyl (C=O) groups excluding carboxylic acids is 1. The molecule has 0 aromatic carbocycles. The van der Waals surface area contributed by atoms with Crippen molar-refractivity contribution in [3.8, 4) is 6.07 Å². The van der Waals surface area contributed by atoms with Gasteiger partial charge in [0.25, 0.3) is 0 Å². The van der Waals surface area contributed by atoms with E-state index in [0.717, 1.165) is 38.6 Å². The lowest BCUT2D eigenvalue weighted by Crippen LogP contribution is -2.51. The quantitative estimate of drug-likeness (QED) is 0.748. The minimum absolute atomic E-state index is 0.0177. The van der Waals surface area contributed by atoms with E-state index in [1.54, 1.807) is 0 Å². The van der Waals surface area contributed by atoms with Crippen LogP contribution < -0.4 is 5.32 Å². The summed E-state index contributed by atoms with van der Waals surface area (Å²) in [7, 11) is 0. The monoisotopic (exact) mass is 250 g/mol. The van der Waals surface area contributed by atoms with Crippen molar-refractivity contribution in [1.29, 1.82) is 5.26 Å². The predicted molar refractivity (Wildman–Crippen MR) is 68.8 cm³/mol. The molecular formula is C13H22N4O. The fraction of sp³-hybridized carbons (Fsp3) is 0.846. The van der Waals surface area contributed by atoms with Crippen molar-refractivity contribution >= 4 is 5.91 Å². The summed E-state index contributed by atoms with van der Waals surface area (Å²) in [6, 6.07) is 2.24. The Morgan fingerprint density at radius 3 is 2.61 bits per heavy atom. The molecule has 1 aliphatic heterocycles. The molecule has 1 saturated heterocycles. The summed E-state index contributed by atoms with van der Waals surface area (Å²) in [5.41, 5.74) is 0. The third kappa shape index (κ3) is 3.97. The molecule has 1 amide bonds. The molecule has 0 bridgehead atoms. The van der Waals surface area contributed by atoms with Gasteiger partial charge in [0.1, 0.15) is 0 Å². The number of hydrogen-bond acceptors (Lipinski definition) is 4. The van der Waals surface area contributed by atoms with E-state index < -0.39 is 0 Å². The first kappa shape index (κ1) is 13.3. The summed E-state index contributed by atoms with van der Waals surface area (Å²) >= 11 is 0. The van der Waals surface area contributed by atoms with Gasteiger partial charge in [0, 0.05) is 32.7 Å². The van der Waals surface area contributed by atoms with Gasteiger partial charge in [-0.1, -0.05) is 0 Å². The van der Waals surface area contributed by atoms with Gasteiger partial charge in [-0.3, -0.25) is 14.6 Å². The largest absolute Gasteiger partial charge is 0.355 e. The van der Waals surface area contributed by atoms with E-state index >= 15 is 0 Å². The van der Waals surface area contributed by atoms with Crippen LogP contribution in [0.3, 0.4) is 0 Å². The molecule has 2 aliphatic rings. The van der Waals surface area contributed by atoms with E-state index in [0.29, 0.717) is 6.54 Å². The second kappa shape index (κ2) is 6.17. The maximum absolute atomic E-state index is 11.7. The molecule has 1 aliphatic carbocycles. The van der Waals surface area contributed by atoms with Crippen LogP contribution in [0.1, 0.15) is 19.8 Å². The average Bonchev–Trinajstić information content (AvgIpc) is 3.20. The van der Waals surface area contributed by atoms with E-state index in [2.05, 4.69) is 21.2 Å². The predicted octanol–water partition coefficient (Wildman–Crippen LogP) is 0.0423. The topological polar surface area (TPSA) is 59.4 Å². The molecule has 1 heterocycles. The Bertz CT molecular complexity index is 326. The van der Waals surface area contributed by atoms with Crippen LogP contribution in [0.4, 0.5) is 0 Å². The Kier molecular flexibility index (Phi) is 4.56. The number of carbonyl (C=O) groups is 1. The highest BCUT2D eigenvalue weighted by Crippen LogP contribution is 2.27. The summed E-state index contributed by atoms with van der Waals surface area (Å²) in [4.78, 5) is 16.0. The highest BCUT2D eigenvalue weighted by Gasteiger charge is 2.24. The van der Waals surface area contributed by atoms with Crippen LogP contribution in [-0.2, 0) is 4.79 Å². The molecule has 5 heteroatoms. The summed E-state index contributed by atoms with van der Waals surface area (Å²) in [5, 5.41) is 11.8. The highest BCUT2D eigenvalue weighted by atomic mass is 16.2. The van der Waals surface area contributed by atoms with E-state index in [4.69, 9.17) is 5.26 Å². The molecule has 1 saturated carbocycles. The van der Waals surface area contributed by atoms with Gasteiger partial charge in [-0.25, -0.2) is 0 Å². The van der Waals surface area contributed by atoms with Gasteiger partial charge in [0.2, 0.25) is 5.91 Å². The molecule has 2 rings (SSSR count). The molecule has 0 aromatic rings. The molecule has 0 radical (unpaired) electrons. The van der Waals surface area contributed by atoms with Crippen LogP contribution >= 0.6 is 0 Å². The maximum atomic E-state index is 11.7. The zero-order valence-electron chi connectivity index (χ0n) is 11.1. The molecular weight excluding hydrogens is 228 g/mol. The van der Waals surface area contributed by atoms with Crippen molar-refractivity contribution in [2.24, 2.45) is 5.92 Å².